The standard InChI is InChI=1S/C22H29ClN4O4S/c1-5-24-22(29)17(2)26(15-18-11-9-10-14-20(18)23)21(28)16-27(32(30,31)25(3)4)19-12-7-6-8-13-19/h6-14,17H,5,15-16H2,1-4H3,(H,24,29)/t17-/m0/s1. The minimum Gasteiger partial charge on any atom is -0.355 e. The number of halogens is 1. The zero-order chi connectivity index (χ0) is 23.9. The van der Waals surface area contributed by atoms with Gasteiger partial charge in [0.05, 0.1) is 5.69 Å². The first-order chi connectivity index (χ1) is 15.1. The highest BCUT2D eigenvalue weighted by Gasteiger charge is 2.32. The predicted octanol–water partition coefficient (Wildman–Crippen LogP) is 2.51. The van der Waals surface area contributed by atoms with E-state index < -0.39 is 28.7 Å². The molecule has 0 spiro atoms. The third-order valence-corrected chi connectivity index (χ3v) is 7.07. The van der Waals surface area contributed by atoms with Gasteiger partial charge < -0.3 is 10.2 Å². The summed E-state index contributed by atoms with van der Waals surface area (Å²) in [6.45, 7) is 3.38. The van der Waals surface area contributed by atoms with Crippen molar-refractivity contribution in [2.75, 3.05) is 31.5 Å². The summed E-state index contributed by atoms with van der Waals surface area (Å²) in [7, 11) is -1.17. The van der Waals surface area contributed by atoms with Gasteiger partial charge in [0.15, 0.2) is 0 Å². The smallest absolute Gasteiger partial charge is 0.304 e. The van der Waals surface area contributed by atoms with Gasteiger partial charge in [-0.15, -0.1) is 0 Å². The van der Waals surface area contributed by atoms with Crippen molar-refractivity contribution in [3.63, 3.8) is 0 Å². The molecule has 0 aliphatic carbocycles. The molecule has 0 fully saturated rings. The van der Waals surface area contributed by atoms with E-state index in [-0.39, 0.29) is 12.5 Å². The lowest BCUT2D eigenvalue weighted by Gasteiger charge is -2.33. The van der Waals surface area contributed by atoms with Crippen LogP contribution in [0, 0.1) is 0 Å². The van der Waals surface area contributed by atoms with Gasteiger partial charge in [-0.1, -0.05) is 48.0 Å². The Bertz CT molecular complexity index is 1030. The van der Waals surface area contributed by atoms with Crippen molar-refractivity contribution in [2.24, 2.45) is 0 Å². The summed E-state index contributed by atoms with van der Waals surface area (Å²) in [6, 6.07) is 14.5. The molecular weight excluding hydrogens is 452 g/mol. The molecule has 1 atom stereocenters. The summed E-state index contributed by atoms with van der Waals surface area (Å²) < 4.78 is 28.0. The van der Waals surface area contributed by atoms with Gasteiger partial charge in [0.2, 0.25) is 11.8 Å². The molecule has 2 rings (SSSR count). The van der Waals surface area contributed by atoms with Crippen LogP contribution in [0.2, 0.25) is 5.02 Å². The van der Waals surface area contributed by atoms with E-state index in [2.05, 4.69) is 5.32 Å². The van der Waals surface area contributed by atoms with Gasteiger partial charge >= 0.3 is 10.2 Å². The van der Waals surface area contributed by atoms with Crippen molar-refractivity contribution >= 4 is 39.3 Å². The third kappa shape index (κ3) is 6.21. The average Bonchev–Trinajstić information content (AvgIpc) is 2.76. The highest BCUT2D eigenvalue weighted by Crippen LogP contribution is 2.22. The van der Waals surface area contributed by atoms with Crippen LogP contribution in [0.4, 0.5) is 5.69 Å². The Balaban J connectivity index is 2.43. The van der Waals surface area contributed by atoms with Crippen molar-refractivity contribution in [1.82, 2.24) is 14.5 Å². The molecule has 174 valence electrons. The van der Waals surface area contributed by atoms with E-state index in [1.807, 2.05) is 0 Å². The zero-order valence-corrected chi connectivity index (χ0v) is 20.2. The Morgan fingerprint density at radius 3 is 2.19 bits per heavy atom. The van der Waals surface area contributed by atoms with E-state index in [1.54, 1.807) is 68.4 Å². The Kier molecular flexibility index (Phi) is 9.06. The van der Waals surface area contributed by atoms with E-state index in [0.29, 0.717) is 22.8 Å². The molecule has 8 nitrogen and oxygen atoms in total. The number of nitrogens with one attached hydrogen (secondary N) is 1. The molecule has 0 saturated heterocycles. The summed E-state index contributed by atoms with van der Waals surface area (Å²) in [4.78, 5) is 27.3. The third-order valence-electron chi connectivity index (χ3n) is 4.88. The minimum absolute atomic E-state index is 0.0570. The largest absolute Gasteiger partial charge is 0.355 e. The second-order valence-corrected chi connectivity index (χ2v) is 9.79. The molecule has 0 aromatic heterocycles. The molecule has 0 heterocycles. The van der Waals surface area contributed by atoms with Gasteiger partial charge in [-0.25, -0.2) is 4.31 Å². The first kappa shape index (κ1) is 25.6. The molecular formula is C22H29ClN4O4S. The highest BCUT2D eigenvalue weighted by atomic mass is 35.5. The number of likely N-dealkylation sites (N-methyl/N-ethyl adjacent to an activating group) is 1. The van der Waals surface area contributed by atoms with Crippen LogP contribution < -0.4 is 9.62 Å². The fourth-order valence-electron chi connectivity index (χ4n) is 3.03. The lowest BCUT2D eigenvalue weighted by molar-refractivity contribution is -0.139. The maximum atomic E-state index is 13.4. The Labute approximate surface area is 194 Å². The molecule has 0 bridgehead atoms. The summed E-state index contributed by atoms with van der Waals surface area (Å²) in [5.74, 6) is -0.868. The van der Waals surface area contributed by atoms with Gasteiger partial charge in [0.25, 0.3) is 0 Å². The normalized spacial score (nSPS) is 12.3. The van der Waals surface area contributed by atoms with E-state index >= 15 is 0 Å². The molecule has 0 radical (unpaired) electrons. The summed E-state index contributed by atoms with van der Waals surface area (Å²) in [5, 5.41) is 3.16. The maximum Gasteiger partial charge on any atom is 0.304 e. The lowest BCUT2D eigenvalue weighted by Crippen LogP contribution is -2.52. The number of hydrogen-bond donors (Lipinski definition) is 1. The Hall–Kier alpha value is -2.62. The molecule has 0 saturated carbocycles. The summed E-state index contributed by atoms with van der Waals surface area (Å²) in [6.07, 6.45) is 0. The van der Waals surface area contributed by atoms with E-state index in [0.717, 1.165) is 8.61 Å². The number of carbonyl (C=O) groups is 2. The van der Waals surface area contributed by atoms with Gasteiger partial charge in [0, 0.05) is 32.2 Å². The molecule has 32 heavy (non-hydrogen) atoms. The molecule has 0 aliphatic heterocycles. The van der Waals surface area contributed by atoms with E-state index in [4.69, 9.17) is 11.6 Å². The van der Waals surface area contributed by atoms with Crippen LogP contribution in [0.5, 0.6) is 0 Å². The number of hydrogen-bond acceptors (Lipinski definition) is 4. The van der Waals surface area contributed by atoms with E-state index in [1.165, 1.54) is 19.0 Å². The highest BCUT2D eigenvalue weighted by molar-refractivity contribution is 7.90. The van der Waals surface area contributed by atoms with Gasteiger partial charge in [-0.2, -0.15) is 12.7 Å². The molecule has 2 aromatic carbocycles. The summed E-state index contributed by atoms with van der Waals surface area (Å²) >= 11 is 6.28. The molecule has 0 aliphatic rings. The van der Waals surface area contributed by atoms with Crippen molar-refractivity contribution in [1.29, 1.82) is 0 Å². The first-order valence-corrected chi connectivity index (χ1v) is 11.9. The molecule has 2 aromatic rings. The molecule has 1 N–H and O–H groups in total. The molecule has 0 unspecified atom stereocenters. The monoisotopic (exact) mass is 480 g/mol. The minimum atomic E-state index is -3.97. The number of rotatable bonds is 10. The number of nitrogens with zero attached hydrogens (tertiary/aromatic N) is 3. The van der Waals surface area contributed by atoms with Crippen molar-refractivity contribution < 1.29 is 18.0 Å². The SMILES string of the molecule is CCNC(=O)[C@H](C)N(Cc1ccccc1Cl)C(=O)CN(c1ccccc1)S(=O)(=O)N(C)C. The molecule has 10 heteroatoms. The fourth-order valence-corrected chi connectivity index (χ4v) is 4.28. The van der Waals surface area contributed by atoms with Crippen LogP contribution in [-0.2, 0) is 26.3 Å². The topological polar surface area (TPSA) is 90.0 Å². The second kappa shape index (κ2) is 11.3. The predicted molar refractivity (Wildman–Crippen MR) is 127 cm³/mol. The summed E-state index contributed by atoms with van der Waals surface area (Å²) in [5.41, 5.74) is 0.998. The number of amides is 2. The zero-order valence-electron chi connectivity index (χ0n) is 18.7. The number of anilines is 1. The van der Waals surface area contributed by atoms with Gasteiger partial charge in [-0.05, 0) is 37.6 Å². The number of para-hydroxylation sites is 1. The van der Waals surface area contributed by atoms with Gasteiger partial charge in [0.1, 0.15) is 12.6 Å². The van der Waals surface area contributed by atoms with Crippen LogP contribution >= 0.6 is 11.6 Å². The van der Waals surface area contributed by atoms with Gasteiger partial charge in [-0.3, -0.25) is 9.59 Å². The fraction of sp³-hybridized carbons (Fsp3) is 0.364. The van der Waals surface area contributed by atoms with Crippen LogP contribution in [-0.4, -0.2) is 62.7 Å². The Morgan fingerprint density at radius 2 is 1.62 bits per heavy atom. The maximum absolute atomic E-state index is 13.4. The van der Waals surface area contributed by atoms with Crippen LogP contribution in [0.25, 0.3) is 0 Å². The van der Waals surface area contributed by atoms with Crippen LogP contribution in [0.15, 0.2) is 54.6 Å². The quantitative estimate of drug-likeness (QED) is 0.565. The second-order valence-electron chi connectivity index (χ2n) is 7.32. The first-order valence-electron chi connectivity index (χ1n) is 10.1. The van der Waals surface area contributed by atoms with Crippen LogP contribution in [0.1, 0.15) is 19.4 Å². The lowest BCUT2D eigenvalue weighted by atomic mass is 10.1. The average molecular weight is 481 g/mol. The van der Waals surface area contributed by atoms with Crippen molar-refractivity contribution in [2.45, 2.75) is 26.4 Å². The number of benzene rings is 2. The molecule has 2 amide bonds. The Morgan fingerprint density at radius 1 is 1.03 bits per heavy atom. The number of carbonyl (C=O) groups excluding carboxylic acids is 2. The van der Waals surface area contributed by atoms with Crippen molar-refractivity contribution in [3.05, 3.63) is 65.2 Å². The van der Waals surface area contributed by atoms with Crippen molar-refractivity contribution in [3.8, 4) is 0 Å². The van der Waals surface area contributed by atoms with E-state index in [9.17, 15) is 18.0 Å². The van der Waals surface area contributed by atoms with Crippen LogP contribution in [0.3, 0.4) is 0 Å².